The Bertz CT molecular complexity index is 674. The predicted octanol–water partition coefficient (Wildman–Crippen LogP) is 2.60. The van der Waals surface area contributed by atoms with E-state index in [2.05, 4.69) is 5.09 Å². The lowest BCUT2D eigenvalue weighted by Crippen LogP contribution is -2.26. The summed E-state index contributed by atoms with van der Waals surface area (Å²) in [5, 5.41) is 11.4. The first-order valence-corrected chi connectivity index (χ1v) is 8.92. The van der Waals surface area contributed by atoms with Gasteiger partial charge in [0, 0.05) is 5.70 Å². The molecule has 1 aliphatic carbocycles. The van der Waals surface area contributed by atoms with Crippen molar-refractivity contribution in [2.45, 2.75) is 25.7 Å². The summed E-state index contributed by atoms with van der Waals surface area (Å²) in [6.07, 6.45) is 5.58. The highest BCUT2D eigenvalue weighted by molar-refractivity contribution is 7.49. The average Bonchev–Trinajstić information content (AvgIpc) is 2.45. The Morgan fingerprint density at radius 2 is 1.91 bits per heavy atom. The van der Waals surface area contributed by atoms with Crippen LogP contribution in [0.15, 0.2) is 48.2 Å². The average molecular weight is 337 g/mol. The Morgan fingerprint density at radius 3 is 2.52 bits per heavy atom. The summed E-state index contributed by atoms with van der Waals surface area (Å²) >= 11 is 0. The maximum Gasteiger partial charge on any atom is 0.427 e. The number of allylic oxidation sites excluding steroid dienone is 4. The van der Waals surface area contributed by atoms with E-state index in [1.165, 1.54) is 18.2 Å². The van der Waals surface area contributed by atoms with Crippen LogP contribution in [0.3, 0.4) is 0 Å². The zero-order chi connectivity index (χ0) is 17.0. The molecular weight excluding hydrogens is 317 g/mol. The van der Waals surface area contributed by atoms with Crippen LogP contribution in [0, 0.1) is 5.92 Å². The van der Waals surface area contributed by atoms with Gasteiger partial charge in [0.15, 0.2) is 5.78 Å². The topological polar surface area (TPSA) is 107 Å². The van der Waals surface area contributed by atoms with Crippen molar-refractivity contribution < 1.29 is 24.3 Å². The van der Waals surface area contributed by atoms with Gasteiger partial charge in [-0.3, -0.25) is 9.88 Å². The Hall–Kier alpha value is -1.88. The second kappa shape index (κ2) is 7.13. The number of phenols is 1. The molecule has 2 rings (SSSR count). The number of aromatic hydroxyl groups is 1. The molecule has 0 spiro atoms. The molecular formula is C16H20NO5P. The van der Waals surface area contributed by atoms with E-state index >= 15 is 0 Å². The van der Waals surface area contributed by atoms with Crippen LogP contribution in [0.5, 0.6) is 5.75 Å². The summed E-state index contributed by atoms with van der Waals surface area (Å²) in [6, 6.07) is 6.88. The fourth-order valence-electron chi connectivity index (χ4n) is 2.60. The third kappa shape index (κ3) is 5.06. The number of ketones is 1. The standard InChI is InChI=1S/C16H20NO5P/c1-11(12-6-8-13(18)9-7-12)5-10-14-15(17-23(20,21)22)3-2-4-16(14)19/h2-4,6-9,11,14,18H,5,10H2,1H3,(H3,17,20,21,22). The van der Waals surface area contributed by atoms with Crippen LogP contribution in [0.4, 0.5) is 0 Å². The van der Waals surface area contributed by atoms with Crippen LogP contribution in [-0.4, -0.2) is 20.7 Å². The van der Waals surface area contributed by atoms with Crippen molar-refractivity contribution in [1.82, 2.24) is 5.09 Å². The Morgan fingerprint density at radius 1 is 1.26 bits per heavy atom. The third-order valence-electron chi connectivity index (χ3n) is 3.88. The van der Waals surface area contributed by atoms with E-state index < -0.39 is 13.7 Å². The molecule has 2 unspecified atom stereocenters. The molecule has 0 saturated carbocycles. The molecule has 0 aliphatic heterocycles. The molecule has 23 heavy (non-hydrogen) atoms. The fraction of sp³-hybridized carbons (Fsp3) is 0.312. The lowest BCUT2D eigenvalue weighted by atomic mass is 9.86. The van der Waals surface area contributed by atoms with E-state index in [0.717, 1.165) is 5.56 Å². The monoisotopic (exact) mass is 337 g/mol. The van der Waals surface area contributed by atoms with Gasteiger partial charge in [-0.1, -0.05) is 25.1 Å². The van der Waals surface area contributed by atoms with E-state index in [-0.39, 0.29) is 23.1 Å². The van der Waals surface area contributed by atoms with Gasteiger partial charge in [-0.05, 0) is 48.6 Å². The van der Waals surface area contributed by atoms with E-state index in [4.69, 9.17) is 9.79 Å². The highest BCUT2D eigenvalue weighted by atomic mass is 31.2. The molecule has 6 nitrogen and oxygen atoms in total. The van der Waals surface area contributed by atoms with Gasteiger partial charge in [-0.15, -0.1) is 0 Å². The zero-order valence-electron chi connectivity index (χ0n) is 12.7. The van der Waals surface area contributed by atoms with Crippen LogP contribution >= 0.6 is 7.75 Å². The summed E-state index contributed by atoms with van der Waals surface area (Å²) in [7, 11) is -4.44. The van der Waals surface area contributed by atoms with Crippen molar-refractivity contribution in [2.24, 2.45) is 5.92 Å². The molecule has 0 fully saturated rings. The zero-order valence-corrected chi connectivity index (χ0v) is 13.6. The summed E-state index contributed by atoms with van der Waals surface area (Å²) < 4.78 is 11.1. The molecule has 0 heterocycles. The highest BCUT2D eigenvalue weighted by Crippen LogP contribution is 2.35. The first-order chi connectivity index (χ1) is 10.8. The number of carbonyl (C=O) groups excluding carboxylic acids is 1. The second-order valence-electron chi connectivity index (χ2n) is 5.66. The Labute approximate surface area is 134 Å². The Balaban J connectivity index is 2.03. The van der Waals surface area contributed by atoms with Crippen molar-refractivity contribution in [3.05, 3.63) is 53.8 Å². The number of benzene rings is 1. The molecule has 0 radical (unpaired) electrons. The highest BCUT2D eigenvalue weighted by Gasteiger charge is 2.27. The summed E-state index contributed by atoms with van der Waals surface area (Å²) in [6.45, 7) is 2.01. The maximum absolute atomic E-state index is 12.0. The molecule has 0 aromatic heterocycles. The van der Waals surface area contributed by atoms with Crippen LogP contribution < -0.4 is 5.09 Å². The minimum absolute atomic E-state index is 0.158. The molecule has 1 aliphatic rings. The van der Waals surface area contributed by atoms with E-state index in [1.54, 1.807) is 12.1 Å². The third-order valence-corrected chi connectivity index (χ3v) is 4.43. The minimum Gasteiger partial charge on any atom is -0.508 e. The predicted molar refractivity (Wildman–Crippen MR) is 86.7 cm³/mol. The van der Waals surface area contributed by atoms with Crippen molar-refractivity contribution in [3.8, 4) is 5.75 Å². The SMILES string of the molecule is CC(CCC1C(=O)C=CC=C1NP(=O)(O)O)c1ccc(O)cc1. The van der Waals surface area contributed by atoms with Crippen LogP contribution in [0.2, 0.25) is 0 Å². The van der Waals surface area contributed by atoms with Gasteiger partial charge >= 0.3 is 7.75 Å². The molecule has 1 aromatic carbocycles. The molecule has 2 atom stereocenters. The maximum atomic E-state index is 12.0. The van der Waals surface area contributed by atoms with Gasteiger partial charge in [-0.2, -0.15) is 0 Å². The number of rotatable bonds is 6. The largest absolute Gasteiger partial charge is 0.508 e. The van der Waals surface area contributed by atoms with Gasteiger partial charge < -0.3 is 14.9 Å². The van der Waals surface area contributed by atoms with Gasteiger partial charge in [0.25, 0.3) is 0 Å². The van der Waals surface area contributed by atoms with Gasteiger partial charge in [0.05, 0.1) is 5.92 Å². The number of hydrogen-bond donors (Lipinski definition) is 4. The molecule has 124 valence electrons. The van der Waals surface area contributed by atoms with Crippen LogP contribution in [0.1, 0.15) is 31.2 Å². The summed E-state index contributed by atoms with van der Waals surface area (Å²) in [5.74, 6) is -0.385. The fourth-order valence-corrected chi connectivity index (χ4v) is 3.17. The molecule has 0 bridgehead atoms. The first kappa shape index (κ1) is 17.5. The minimum atomic E-state index is -4.44. The lowest BCUT2D eigenvalue weighted by Gasteiger charge is -2.23. The molecule has 0 saturated heterocycles. The van der Waals surface area contributed by atoms with Gasteiger partial charge in [0.2, 0.25) is 0 Å². The van der Waals surface area contributed by atoms with E-state index in [0.29, 0.717) is 12.8 Å². The van der Waals surface area contributed by atoms with E-state index in [1.807, 2.05) is 19.1 Å². The smallest absolute Gasteiger partial charge is 0.427 e. The molecule has 7 heteroatoms. The van der Waals surface area contributed by atoms with Crippen molar-refractivity contribution >= 4 is 13.5 Å². The second-order valence-corrected chi connectivity index (χ2v) is 6.97. The molecule has 4 N–H and O–H groups in total. The first-order valence-electron chi connectivity index (χ1n) is 7.31. The molecule has 0 amide bonds. The number of hydrogen-bond acceptors (Lipinski definition) is 3. The van der Waals surface area contributed by atoms with Crippen molar-refractivity contribution in [1.29, 1.82) is 0 Å². The van der Waals surface area contributed by atoms with Crippen molar-refractivity contribution in [2.75, 3.05) is 0 Å². The van der Waals surface area contributed by atoms with E-state index in [9.17, 15) is 14.5 Å². The Kier molecular flexibility index (Phi) is 5.42. The lowest BCUT2D eigenvalue weighted by molar-refractivity contribution is -0.117. The van der Waals surface area contributed by atoms with Gasteiger partial charge in [-0.25, -0.2) is 4.57 Å². The number of phenolic OH excluding ortho intramolecular Hbond substituents is 1. The van der Waals surface area contributed by atoms with Gasteiger partial charge in [0.1, 0.15) is 5.75 Å². The molecule has 1 aromatic rings. The van der Waals surface area contributed by atoms with Crippen LogP contribution in [-0.2, 0) is 9.36 Å². The number of nitrogens with one attached hydrogen (secondary N) is 1. The van der Waals surface area contributed by atoms with Crippen molar-refractivity contribution in [3.63, 3.8) is 0 Å². The number of carbonyl (C=O) groups is 1. The summed E-state index contributed by atoms with van der Waals surface area (Å²) in [5.41, 5.74) is 1.29. The summed E-state index contributed by atoms with van der Waals surface area (Å²) in [4.78, 5) is 30.1. The van der Waals surface area contributed by atoms with Crippen LogP contribution in [0.25, 0.3) is 0 Å². The quantitative estimate of drug-likeness (QED) is 0.595. The normalized spacial score (nSPS) is 19.3.